The number of pyridine rings is 1. The molecule has 0 aliphatic rings. The molecule has 0 spiro atoms. The second kappa shape index (κ2) is 8.05. The smallest absolute Gasteiger partial charge is 0.145 e. The zero-order chi connectivity index (χ0) is 26.2. The van der Waals surface area contributed by atoms with Crippen LogP contribution >= 0.6 is 0 Å². The van der Waals surface area contributed by atoms with Gasteiger partial charge in [-0.2, -0.15) is 0 Å². The average molecular weight is 510 g/mol. The van der Waals surface area contributed by atoms with E-state index >= 15 is 0 Å². The summed E-state index contributed by atoms with van der Waals surface area (Å²) in [4.78, 5) is 4.88. The third-order valence-corrected chi connectivity index (χ3v) is 8.28. The maximum atomic E-state index is 4.88. The Balaban J connectivity index is 1.46. The fraction of sp³-hybridized carbons (Fsp3) is 0. The Labute approximate surface area is 230 Å². The van der Waals surface area contributed by atoms with Gasteiger partial charge in [-0.15, -0.1) is 0 Å². The quantitative estimate of drug-likeness (QED) is 0.213. The summed E-state index contributed by atoms with van der Waals surface area (Å²) < 4.78 is 4.74. The Hall–Kier alpha value is -5.41. The zero-order valence-corrected chi connectivity index (χ0v) is 21.6. The number of aromatic nitrogens is 3. The predicted octanol–water partition coefficient (Wildman–Crippen LogP) is 9.58. The van der Waals surface area contributed by atoms with E-state index in [0.717, 1.165) is 27.9 Å². The summed E-state index contributed by atoms with van der Waals surface area (Å²) in [5.74, 6) is 0. The highest BCUT2D eigenvalue weighted by atomic mass is 15.1. The van der Waals surface area contributed by atoms with Gasteiger partial charge in [0.25, 0.3) is 0 Å². The van der Waals surface area contributed by atoms with E-state index in [1.165, 1.54) is 48.7 Å². The Morgan fingerprint density at radius 1 is 0.425 bits per heavy atom. The summed E-state index contributed by atoms with van der Waals surface area (Å²) in [5, 5.41) is 9.89. The molecule has 9 rings (SSSR count). The lowest BCUT2D eigenvalue weighted by molar-refractivity contribution is 1.14. The molecular weight excluding hydrogens is 486 g/mol. The van der Waals surface area contributed by atoms with Gasteiger partial charge in [0.05, 0.1) is 16.6 Å². The van der Waals surface area contributed by atoms with Crippen LogP contribution in [-0.4, -0.2) is 14.1 Å². The lowest BCUT2D eigenvalue weighted by atomic mass is 10.0. The zero-order valence-electron chi connectivity index (χ0n) is 21.6. The van der Waals surface area contributed by atoms with Gasteiger partial charge in [0, 0.05) is 39.1 Å². The molecular formula is C37H23N3. The molecule has 3 nitrogen and oxygen atoms in total. The van der Waals surface area contributed by atoms with Gasteiger partial charge in [0.2, 0.25) is 0 Å². The molecule has 6 aromatic carbocycles. The number of hydrogen-bond acceptors (Lipinski definition) is 1. The van der Waals surface area contributed by atoms with Crippen molar-refractivity contribution in [3.8, 4) is 11.4 Å². The molecule has 0 atom stereocenters. The maximum absolute atomic E-state index is 4.88. The first-order valence-electron chi connectivity index (χ1n) is 13.6. The molecule has 0 saturated heterocycles. The van der Waals surface area contributed by atoms with Gasteiger partial charge in [-0.05, 0) is 82.2 Å². The fourth-order valence-electron chi connectivity index (χ4n) is 6.56. The van der Waals surface area contributed by atoms with Crippen LogP contribution in [0, 0.1) is 0 Å². The normalized spacial score (nSPS) is 12.0. The second-order valence-corrected chi connectivity index (χ2v) is 10.5. The standard InChI is InChI=1S/C37H23N3/c1-2-11-28(12-3-1)40-34-19-18-31-30-13-6-7-15-33(30)39(36(31)35(34)32-14-8-20-38-37(32)40)29-17-16-26-21-24-9-4-5-10-25(24)22-27(26)23-29/h1-23H. The van der Waals surface area contributed by atoms with Gasteiger partial charge < -0.3 is 4.57 Å². The summed E-state index contributed by atoms with van der Waals surface area (Å²) in [6.07, 6.45) is 1.89. The van der Waals surface area contributed by atoms with Gasteiger partial charge in [-0.25, -0.2) is 4.98 Å². The molecule has 0 radical (unpaired) electrons. The van der Waals surface area contributed by atoms with Crippen molar-refractivity contribution in [2.24, 2.45) is 0 Å². The first kappa shape index (κ1) is 21.5. The van der Waals surface area contributed by atoms with Crippen LogP contribution in [0.4, 0.5) is 0 Å². The van der Waals surface area contributed by atoms with Gasteiger partial charge >= 0.3 is 0 Å². The van der Waals surface area contributed by atoms with E-state index in [-0.39, 0.29) is 0 Å². The van der Waals surface area contributed by atoms with Crippen molar-refractivity contribution in [2.45, 2.75) is 0 Å². The van der Waals surface area contributed by atoms with Crippen molar-refractivity contribution >= 4 is 65.3 Å². The van der Waals surface area contributed by atoms with Crippen LogP contribution in [-0.2, 0) is 0 Å². The summed E-state index contributed by atoms with van der Waals surface area (Å²) in [5.41, 5.74) is 6.81. The van der Waals surface area contributed by atoms with Crippen molar-refractivity contribution in [2.75, 3.05) is 0 Å². The van der Waals surface area contributed by atoms with Gasteiger partial charge in [-0.3, -0.25) is 4.57 Å². The summed E-state index contributed by atoms with van der Waals surface area (Å²) in [6.45, 7) is 0. The minimum atomic E-state index is 0.970. The van der Waals surface area contributed by atoms with Crippen LogP contribution in [0.3, 0.4) is 0 Å². The van der Waals surface area contributed by atoms with Crippen LogP contribution < -0.4 is 0 Å². The van der Waals surface area contributed by atoms with Crippen LogP contribution in [0.15, 0.2) is 140 Å². The molecule has 186 valence electrons. The monoisotopic (exact) mass is 509 g/mol. The SMILES string of the molecule is c1ccc(-n2c3ccc4c5ccccc5n(-c5ccc6cc7ccccc7cc6c5)c4c3c3cccnc32)cc1. The Kier molecular flexibility index (Phi) is 4.33. The number of benzene rings is 6. The van der Waals surface area contributed by atoms with Crippen LogP contribution in [0.25, 0.3) is 76.7 Å². The number of hydrogen-bond donors (Lipinski definition) is 0. The first-order valence-corrected chi connectivity index (χ1v) is 13.6. The summed E-state index contributed by atoms with van der Waals surface area (Å²) >= 11 is 0. The number of fused-ring (bicyclic) bond motifs is 9. The largest absolute Gasteiger partial charge is 0.309 e. The minimum absolute atomic E-state index is 0.970. The molecule has 0 saturated carbocycles. The topological polar surface area (TPSA) is 22.8 Å². The summed E-state index contributed by atoms with van der Waals surface area (Å²) in [6, 6.07) is 48.1. The van der Waals surface area contributed by atoms with E-state index in [1.807, 2.05) is 12.3 Å². The number of nitrogens with zero attached hydrogens (tertiary/aromatic N) is 3. The molecule has 3 heterocycles. The fourth-order valence-corrected chi connectivity index (χ4v) is 6.56. The first-order chi connectivity index (χ1) is 19.8. The van der Waals surface area contributed by atoms with Crippen LogP contribution in [0.5, 0.6) is 0 Å². The third-order valence-electron chi connectivity index (χ3n) is 8.28. The van der Waals surface area contributed by atoms with Crippen molar-refractivity contribution < 1.29 is 0 Å². The third kappa shape index (κ3) is 2.92. The van der Waals surface area contributed by atoms with E-state index < -0.39 is 0 Å². The lowest BCUT2D eigenvalue weighted by Gasteiger charge is -2.11. The van der Waals surface area contributed by atoms with Gasteiger partial charge in [-0.1, -0.05) is 72.8 Å². The molecule has 0 amide bonds. The van der Waals surface area contributed by atoms with Crippen LogP contribution in [0.1, 0.15) is 0 Å². The van der Waals surface area contributed by atoms with E-state index in [4.69, 9.17) is 4.98 Å². The molecule has 3 heteroatoms. The maximum Gasteiger partial charge on any atom is 0.145 e. The van der Waals surface area contributed by atoms with Crippen molar-refractivity contribution in [1.82, 2.24) is 14.1 Å². The number of rotatable bonds is 2. The average Bonchev–Trinajstić information content (AvgIpc) is 3.53. The molecule has 9 aromatic rings. The van der Waals surface area contributed by atoms with E-state index in [1.54, 1.807) is 0 Å². The molecule has 0 fully saturated rings. The van der Waals surface area contributed by atoms with Crippen molar-refractivity contribution in [1.29, 1.82) is 0 Å². The van der Waals surface area contributed by atoms with E-state index in [9.17, 15) is 0 Å². The van der Waals surface area contributed by atoms with E-state index in [2.05, 4.69) is 137 Å². The molecule has 3 aromatic heterocycles. The minimum Gasteiger partial charge on any atom is -0.309 e. The highest BCUT2D eigenvalue weighted by Crippen LogP contribution is 2.41. The van der Waals surface area contributed by atoms with Gasteiger partial charge in [0.1, 0.15) is 5.65 Å². The lowest BCUT2D eigenvalue weighted by Crippen LogP contribution is -1.96. The Morgan fingerprint density at radius 3 is 2.02 bits per heavy atom. The molecule has 0 N–H and O–H groups in total. The molecule has 0 aliphatic heterocycles. The van der Waals surface area contributed by atoms with Gasteiger partial charge in [0.15, 0.2) is 0 Å². The molecule has 40 heavy (non-hydrogen) atoms. The highest BCUT2D eigenvalue weighted by molar-refractivity contribution is 6.25. The molecule has 0 bridgehead atoms. The second-order valence-electron chi connectivity index (χ2n) is 10.5. The molecule has 0 aliphatic carbocycles. The van der Waals surface area contributed by atoms with Crippen LogP contribution in [0.2, 0.25) is 0 Å². The molecule has 0 unspecified atom stereocenters. The summed E-state index contributed by atoms with van der Waals surface area (Å²) in [7, 11) is 0. The van der Waals surface area contributed by atoms with E-state index in [0.29, 0.717) is 0 Å². The Morgan fingerprint density at radius 2 is 1.15 bits per heavy atom. The highest BCUT2D eigenvalue weighted by Gasteiger charge is 2.21. The van der Waals surface area contributed by atoms with Crippen molar-refractivity contribution in [3.05, 3.63) is 140 Å². The van der Waals surface area contributed by atoms with Crippen molar-refractivity contribution in [3.63, 3.8) is 0 Å². The number of para-hydroxylation sites is 2. The Bertz CT molecular complexity index is 2430. The predicted molar refractivity (Wildman–Crippen MR) is 168 cm³/mol.